The maximum Gasteiger partial charge on any atom is 0.189 e. The molecule has 2 aliphatic rings. The fraction of sp³-hybridized carbons (Fsp3) is 0.579. The second-order valence-corrected chi connectivity index (χ2v) is 7.81. The van der Waals surface area contributed by atoms with Gasteiger partial charge < -0.3 is 9.80 Å². The molecule has 138 valence electrons. The molecule has 1 aliphatic heterocycles. The van der Waals surface area contributed by atoms with E-state index in [-0.39, 0.29) is 0 Å². The Labute approximate surface area is 159 Å². The first-order valence-electron chi connectivity index (χ1n) is 9.43. The van der Waals surface area contributed by atoms with E-state index in [9.17, 15) is 0 Å². The van der Waals surface area contributed by atoms with Gasteiger partial charge in [-0.15, -0.1) is 0 Å². The van der Waals surface area contributed by atoms with Crippen LogP contribution in [-0.4, -0.2) is 52.4 Å². The summed E-state index contributed by atoms with van der Waals surface area (Å²) in [5.74, 6) is 3.77. The molecule has 0 atom stereocenters. The van der Waals surface area contributed by atoms with Crippen molar-refractivity contribution in [2.75, 3.05) is 42.2 Å². The summed E-state index contributed by atoms with van der Waals surface area (Å²) >= 11 is 1.61. The Morgan fingerprint density at radius 1 is 0.962 bits per heavy atom. The van der Waals surface area contributed by atoms with Gasteiger partial charge in [-0.1, -0.05) is 18.7 Å². The fourth-order valence-corrected chi connectivity index (χ4v) is 3.71. The van der Waals surface area contributed by atoms with E-state index in [0.717, 1.165) is 66.6 Å². The number of hydrogen-bond donors (Lipinski definition) is 0. The van der Waals surface area contributed by atoms with Crippen LogP contribution in [0.15, 0.2) is 17.3 Å². The van der Waals surface area contributed by atoms with Gasteiger partial charge in [0, 0.05) is 55.6 Å². The van der Waals surface area contributed by atoms with Gasteiger partial charge in [0.05, 0.1) is 0 Å². The van der Waals surface area contributed by atoms with E-state index in [1.807, 2.05) is 6.26 Å². The molecular formula is C19H26N6S. The van der Waals surface area contributed by atoms with Crippen molar-refractivity contribution < 1.29 is 0 Å². The van der Waals surface area contributed by atoms with E-state index in [1.54, 1.807) is 11.8 Å². The molecule has 2 aromatic heterocycles. The molecule has 4 rings (SSSR count). The summed E-state index contributed by atoms with van der Waals surface area (Å²) < 4.78 is 0. The highest BCUT2D eigenvalue weighted by Gasteiger charge is 2.28. The van der Waals surface area contributed by atoms with E-state index in [0.29, 0.717) is 5.92 Å². The normalized spacial score (nSPS) is 17.7. The molecule has 2 aromatic rings. The van der Waals surface area contributed by atoms with Crippen LogP contribution in [0.4, 0.5) is 11.6 Å². The largest absolute Gasteiger partial charge is 0.353 e. The Kier molecular flexibility index (Phi) is 4.98. The number of aryl methyl sites for hydroxylation is 2. The van der Waals surface area contributed by atoms with Gasteiger partial charge in [0.15, 0.2) is 5.16 Å². The lowest BCUT2D eigenvalue weighted by Crippen LogP contribution is -2.47. The van der Waals surface area contributed by atoms with Crippen molar-refractivity contribution in [1.29, 1.82) is 0 Å². The standard InChI is InChI=1S/C19H26N6S/c1-4-15-12-17(23-19(21-15)26-3)25-9-7-24(8-10-25)16-11-13(2)20-18(22-16)14-5-6-14/h11-12,14H,4-10H2,1-3H3. The summed E-state index contributed by atoms with van der Waals surface area (Å²) in [6, 6.07) is 4.25. The minimum atomic E-state index is 0.591. The van der Waals surface area contributed by atoms with Crippen molar-refractivity contribution in [1.82, 2.24) is 19.9 Å². The Morgan fingerprint density at radius 3 is 2.19 bits per heavy atom. The predicted octanol–water partition coefficient (Wildman–Crippen LogP) is 3.06. The Hall–Kier alpha value is -1.89. The fourth-order valence-electron chi connectivity index (χ4n) is 3.32. The highest BCUT2D eigenvalue weighted by molar-refractivity contribution is 7.98. The van der Waals surface area contributed by atoms with Crippen LogP contribution < -0.4 is 9.80 Å². The molecule has 0 spiro atoms. The maximum atomic E-state index is 4.84. The topological polar surface area (TPSA) is 58.0 Å². The van der Waals surface area contributed by atoms with Gasteiger partial charge in [-0.3, -0.25) is 0 Å². The van der Waals surface area contributed by atoms with Crippen molar-refractivity contribution in [2.24, 2.45) is 0 Å². The molecule has 0 N–H and O–H groups in total. The molecule has 3 heterocycles. The van der Waals surface area contributed by atoms with Crippen molar-refractivity contribution in [2.45, 2.75) is 44.2 Å². The van der Waals surface area contributed by atoms with Crippen LogP contribution in [-0.2, 0) is 6.42 Å². The van der Waals surface area contributed by atoms with E-state index in [1.165, 1.54) is 12.8 Å². The molecule has 1 saturated heterocycles. The summed E-state index contributed by atoms with van der Waals surface area (Å²) in [4.78, 5) is 23.5. The summed E-state index contributed by atoms with van der Waals surface area (Å²) in [6.07, 6.45) is 5.45. The molecule has 2 fully saturated rings. The van der Waals surface area contributed by atoms with Gasteiger partial charge >= 0.3 is 0 Å². The average molecular weight is 371 g/mol. The SMILES string of the molecule is CCc1cc(N2CCN(c3cc(C)nc(C4CC4)n3)CC2)nc(SC)n1. The summed E-state index contributed by atoms with van der Waals surface area (Å²) in [5, 5.41) is 0.863. The second kappa shape index (κ2) is 7.39. The molecule has 0 radical (unpaired) electrons. The monoisotopic (exact) mass is 370 g/mol. The highest BCUT2D eigenvalue weighted by Crippen LogP contribution is 2.38. The molecule has 0 bridgehead atoms. The lowest BCUT2D eigenvalue weighted by atomic mass is 10.2. The van der Waals surface area contributed by atoms with Crippen molar-refractivity contribution in [3.63, 3.8) is 0 Å². The van der Waals surface area contributed by atoms with Crippen LogP contribution in [0.25, 0.3) is 0 Å². The lowest BCUT2D eigenvalue weighted by Gasteiger charge is -2.36. The Bertz CT molecular complexity index is 751. The van der Waals surface area contributed by atoms with Crippen LogP contribution in [0.3, 0.4) is 0 Å². The number of hydrogen-bond acceptors (Lipinski definition) is 7. The van der Waals surface area contributed by atoms with E-state index in [4.69, 9.17) is 9.97 Å². The highest BCUT2D eigenvalue weighted by atomic mass is 32.2. The van der Waals surface area contributed by atoms with Gasteiger partial charge in [0.25, 0.3) is 0 Å². The Morgan fingerprint density at radius 2 is 1.62 bits per heavy atom. The number of nitrogens with zero attached hydrogens (tertiary/aromatic N) is 6. The predicted molar refractivity (Wildman–Crippen MR) is 106 cm³/mol. The zero-order valence-corrected chi connectivity index (χ0v) is 16.6. The molecule has 1 saturated carbocycles. The van der Waals surface area contributed by atoms with Crippen LogP contribution >= 0.6 is 11.8 Å². The first-order chi connectivity index (χ1) is 12.7. The van der Waals surface area contributed by atoms with Gasteiger partial charge in [0.1, 0.15) is 17.5 Å². The summed E-state index contributed by atoms with van der Waals surface area (Å²) in [5.41, 5.74) is 2.19. The third-order valence-electron chi connectivity index (χ3n) is 5.02. The lowest BCUT2D eigenvalue weighted by molar-refractivity contribution is 0.633. The minimum absolute atomic E-state index is 0.591. The first-order valence-corrected chi connectivity index (χ1v) is 10.7. The van der Waals surface area contributed by atoms with Gasteiger partial charge in [-0.2, -0.15) is 0 Å². The van der Waals surface area contributed by atoms with E-state index >= 15 is 0 Å². The van der Waals surface area contributed by atoms with Crippen LogP contribution in [0, 0.1) is 6.92 Å². The molecule has 0 aromatic carbocycles. The van der Waals surface area contributed by atoms with Crippen molar-refractivity contribution >= 4 is 23.4 Å². The molecule has 1 aliphatic carbocycles. The zero-order valence-electron chi connectivity index (χ0n) is 15.8. The average Bonchev–Trinajstić information content (AvgIpc) is 3.52. The molecule has 6 nitrogen and oxygen atoms in total. The van der Waals surface area contributed by atoms with Gasteiger partial charge in [-0.25, -0.2) is 19.9 Å². The molecular weight excluding hydrogens is 344 g/mol. The van der Waals surface area contributed by atoms with Crippen molar-refractivity contribution in [3.05, 3.63) is 29.3 Å². The third kappa shape index (κ3) is 3.77. The van der Waals surface area contributed by atoms with Gasteiger partial charge in [0.2, 0.25) is 0 Å². The third-order valence-corrected chi connectivity index (χ3v) is 5.57. The van der Waals surface area contributed by atoms with Crippen LogP contribution in [0.1, 0.15) is 42.9 Å². The van der Waals surface area contributed by atoms with Gasteiger partial charge in [-0.05, 0) is 32.4 Å². The first kappa shape index (κ1) is 17.5. The summed E-state index contributed by atoms with van der Waals surface area (Å²) in [7, 11) is 0. The number of anilines is 2. The van der Waals surface area contributed by atoms with Crippen molar-refractivity contribution in [3.8, 4) is 0 Å². The number of rotatable bonds is 5. The summed E-state index contributed by atoms with van der Waals surface area (Å²) in [6.45, 7) is 8.04. The number of thioether (sulfide) groups is 1. The van der Waals surface area contributed by atoms with E-state index in [2.05, 4.69) is 45.7 Å². The molecule has 26 heavy (non-hydrogen) atoms. The number of aromatic nitrogens is 4. The van der Waals surface area contributed by atoms with Crippen LogP contribution in [0.5, 0.6) is 0 Å². The Balaban J connectivity index is 1.47. The smallest absolute Gasteiger partial charge is 0.189 e. The van der Waals surface area contributed by atoms with E-state index < -0.39 is 0 Å². The maximum absolute atomic E-state index is 4.84. The zero-order chi connectivity index (χ0) is 18.1. The van der Waals surface area contributed by atoms with Crippen LogP contribution in [0.2, 0.25) is 0 Å². The number of piperazine rings is 1. The molecule has 7 heteroatoms. The quantitative estimate of drug-likeness (QED) is 0.592. The second-order valence-electron chi connectivity index (χ2n) is 7.03. The molecule has 0 amide bonds. The molecule has 0 unspecified atom stereocenters. The minimum Gasteiger partial charge on any atom is -0.353 e.